The van der Waals surface area contributed by atoms with Crippen molar-refractivity contribution in [3.05, 3.63) is 30.1 Å². The zero-order chi connectivity index (χ0) is 15.3. The number of halogens is 1. The summed E-state index contributed by atoms with van der Waals surface area (Å²) in [5.41, 5.74) is 0.135. The molecule has 0 amide bonds. The highest BCUT2D eigenvalue weighted by molar-refractivity contribution is 7.92. The Morgan fingerprint density at radius 3 is 2.62 bits per heavy atom. The SMILES string of the molecule is CCN(c1ccccc1F)S(=O)(=O)CCCCNC1CC1. The minimum atomic E-state index is -3.47. The van der Waals surface area contributed by atoms with E-state index in [-0.39, 0.29) is 18.0 Å². The minimum absolute atomic E-state index is 0.0571. The van der Waals surface area contributed by atoms with Crippen molar-refractivity contribution in [1.82, 2.24) is 5.32 Å². The van der Waals surface area contributed by atoms with Crippen LogP contribution in [0.25, 0.3) is 0 Å². The molecule has 1 N–H and O–H groups in total. The molecular weight excluding hydrogens is 291 g/mol. The Morgan fingerprint density at radius 1 is 1.29 bits per heavy atom. The number of unbranched alkanes of at least 4 members (excludes halogenated alkanes) is 1. The molecule has 1 aromatic rings. The molecule has 0 saturated heterocycles. The topological polar surface area (TPSA) is 49.4 Å². The summed E-state index contributed by atoms with van der Waals surface area (Å²) in [6, 6.07) is 6.64. The van der Waals surface area contributed by atoms with Crippen LogP contribution in [0.4, 0.5) is 10.1 Å². The van der Waals surface area contributed by atoms with Gasteiger partial charge in [0.1, 0.15) is 5.82 Å². The molecule has 0 aromatic heterocycles. The fraction of sp³-hybridized carbons (Fsp3) is 0.600. The first-order valence-electron chi connectivity index (χ1n) is 7.53. The Kier molecular flexibility index (Phi) is 5.58. The predicted octanol–water partition coefficient (Wildman–Crippen LogP) is 2.51. The summed E-state index contributed by atoms with van der Waals surface area (Å²) in [4.78, 5) is 0. The van der Waals surface area contributed by atoms with Crippen molar-refractivity contribution in [2.45, 2.75) is 38.6 Å². The molecule has 1 fully saturated rings. The first-order valence-corrected chi connectivity index (χ1v) is 9.14. The van der Waals surface area contributed by atoms with Crippen molar-refractivity contribution in [1.29, 1.82) is 0 Å². The van der Waals surface area contributed by atoms with E-state index in [1.54, 1.807) is 19.1 Å². The van der Waals surface area contributed by atoms with Crippen LogP contribution in [-0.2, 0) is 10.0 Å². The largest absolute Gasteiger partial charge is 0.314 e. The van der Waals surface area contributed by atoms with E-state index in [1.807, 2.05) is 0 Å². The molecule has 0 atom stereocenters. The van der Waals surface area contributed by atoms with E-state index < -0.39 is 15.8 Å². The molecule has 1 saturated carbocycles. The smallest absolute Gasteiger partial charge is 0.235 e. The van der Waals surface area contributed by atoms with Gasteiger partial charge in [0.15, 0.2) is 0 Å². The average Bonchev–Trinajstić information content (AvgIpc) is 3.25. The van der Waals surface area contributed by atoms with Crippen molar-refractivity contribution in [2.24, 2.45) is 0 Å². The lowest BCUT2D eigenvalue weighted by molar-refractivity contribution is 0.578. The third-order valence-corrected chi connectivity index (χ3v) is 5.51. The van der Waals surface area contributed by atoms with Crippen LogP contribution in [-0.4, -0.2) is 33.3 Å². The summed E-state index contributed by atoms with van der Waals surface area (Å²) in [6.45, 7) is 2.81. The van der Waals surface area contributed by atoms with Crippen LogP contribution in [0.5, 0.6) is 0 Å². The second-order valence-corrected chi connectivity index (χ2v) is 7.38. The summed E-state index contributed by atoms with van der Waals surface area (Å²) in [7, 11) is -3.47. The van der Waals surface area contributed by atoms with E-state index in [1.165, 1.54) is 25.0 Å². The fourth-order valence-electron chi connectivity index (χ4n) is 2.28. The summed E-state index contributed by atoms with van der Waals surface area (Å²) < 4.78 is 39.7. The van der Waals surface area contributed by atoms with Crippen molar-refractivity contribution in [3.8, 4) is 0 Å². The number of nitrogens with one attached hydrogen (secondary N) is 1. The van der Waals surface area contributed by atoms with E-state index in [2.05, 4.69) is 5.32 Å². The highest BCUT2D eigenvalue weighted by atomic mass is 32.2. The summed E-state index contributed by atoms with van der Waals surface area (Å²) in [6.07, 6.45) is 3.88. The third-order valence-electron chi connectivity index (χ3n) is 3.58. The van der Waals surface area contributed by atoms with Gasteiger partial charge in [-0.2, -0.15) is 0 Å². The molecule has 0 bridgehead atoms. The first-order chi connectivity index (χ1) is 10.0. The quantitative estimate of drug-likeness (QED) is 0.713. The second-order valence-electron chi connectivity index (χ2n) is 5.37. The number of hydrogen-bond acceptors (Lipinski definition) is 3. The van der Waals surface area contributed by atoms with Gasteiger partial charge in [-0.05, 0) is 51.3 Å². The molecule has 1 aliphatic carbocycles. The number of rotatable bonds is 9. The molecule has 0 aliphatic heterocycles. The van der Waals surface area contributed by atoms with Gasteiger partial charge in [-0.3, -0.25) is 4.31 Å². The number of benzene rings is 1. The molecule has 21 heavy (non-hydrogen) atoms. The van der Waals surface area contributed by atoms with Gasteiger partial charge in [0.2, 0.25) is 10.0 Å². The molecule has 2 rings (SSSR count). The van der Waals surface area contributed by atoms with Gasteiger partial charge in [-0.15, -0.1) is 0 Å². The second kappa shape index (κ2) is 7.22. The van der Waals surface area contributed by atoms with E-state index in [0.717, 1.165) is 17.3 Å². The number of para-hydroxylation sites is 1. The molecule has 0 unspecified atom stereocenters. The van der Waals surface area contributed by atoms with Gasteiger partial charge in [0.25, 0.3) is 0 Å². The van der Waals surface area contributed by atoms with Crippen LogP contribution in [0.15, 0.2) is 24.3 Å². The van der Waals surface area contributed by atoms with E-state index in [4.69, 9.17) is 0 Å². The fourth-order valence-corrected chi connectivity index (χ4v) is 3.91. The number of nitrogens with zero attached hydrogens (tertiary/aromatic N) is 1. The minimum Gasteiger partial charge on any atom is -0.314 e. The number of hydrogen-bond donors (Lipinski definition) is 1. The van der Waals surface area contributed by atoms with Crippen molar-refractivity contribution < 1.29 is 12.8 Å². The van der Waals surface area contributed by atoms with Gasteiger partial charge in [0.05, 0.1) is 11.4 Å². The molecule has 1 aromatic carbocycles. The van der Waals surface area contributed by atoms with Gasteiger partial charge in [-0.25, -0.2) is 12.8 Å². The van der Waals surface area contributed by atoms with Gasteiger partial charge < -0.3 is 5.32 Å². The van der Waals surface area contributed by atoms with Crippen LogP contribution >= 0.6 is 0 Å². The molecule has 1 aliphatic rings. The van der Waals surface area contributed by atoms with E-state index in [9.17, 15) is 12.8 Å². The van der Waals surface area contributed by atoms with Crippen molar-refractivity contribution >= 4 is 15.7 Å². The van der Waals surface area contributed by atoms with Crippen molar-refractivity contribution in [3.63, 3.8) is 0 Å². The van der Waals surface area contributed by atoms with Crippen LogP contribution in [0.3, 0.4) is 0 Å². The summed E-state index contributed by atoms with van der Waals surface area (Å²) in [5, 5.41) is 3.36. The molecule has 0 radical (unpaired) electrons. The lowest BCUT2D eigenvalue weighted by Crippen LogP contribution is -2.33. The zero-order valence-electron chi connectivity index (χ0n) is 12.4. The number of sulfonamides is 1. The monoisotopic (exact) mass is 314 g/mol. The maximum atomic E-state index is 13.8. The van der Waals surface area contributed by atoms with Crippen molar-refractivity contribution in [2.75, 3.05) is 23.1 Å². The third kappa shape index (κ3) is 4.68. The maximum Gasteiger partial charge on any atom is 0.235 e. The molecule has 0 spiro atoms. The highest BCUT2D eigenvalue weighted by Crippen LogP contribution is 2.22. The van der Waals surface area contributed by atoms with Gasteiger partial charge in [-0.1, -0.05) is 12.1 Å². The number of anilines is 1. The summed E-state index contributed by atoms with van der Waals surface area (Å²) >= 11 is 0. The van der Waals surface area contributed by atoms with Crippen LogP contribution in [0.1, 0.15) is 32.6 Å². The van der Waals surface area contributed by atoms with Crippen LogP contribution in [0.2, 0.25) is 0 Å². The molecular formula is C15H23FN2O2S. The highest BCUT2D eigenvalue weighted by Gasteiger charge is 2.23. The Morgan fingerprint density at radius 2 is 2.00 bits per heavy atom. The van der Waals surface area contributed by atoms with Crippen LogP contribution < -0.4 is 9.62 Å². The van der Waals surface area contributed by atoms with E-state index >= 15 is 0 Å². The first kappa shape index (κ1) is 16.2. The Bertz CT molecular complexity index is 559. The zero-order valence-corrected chi connectivity index (χ0v) is 13.2. The summed E-state index contributed by atoms with van der Waals surface area (Å²) in [5.74, 6) is -0.444. The normalized spacial score (nSPS) is 15.1. The lowest BCUT2D eigenvalue weighted by Gasteiger charge is -2.23. The Balaban J connectivity index is 1.90. The molecule has 0 heterocycles. The Hall–Kier alpha value is -1.14. The lowest BCUT2D eigenvalue weighted by atomic mass is 10.3. The average molecular weight is 314 g/mol. The van der Waals surface area contributed by atoms with Gasteiger partial charge in [0, 0.05) is 12.6 Å². The Labute approximate surface area is 126 Å². The predicted molar refractivity (Wildman–Crippen MR) is 83.5 cm³/mol. The maximum absolute atomic E-state index is 13.8. The van der Waals surface area contributed by atoms with Gasteiger partial charge >= 0.3 is 0 Å². The molecule has 4 nitrogen and oxygen atoms in total. The van der Waals surface area contributed by atoms with Crippen LogP contribution in [0, 0.1) is 5.82 Å². The molecule has 118 valence electrons. The molecule has 6 heteroatoms. The standard InChI is InChI=1S/C15H23FN2O2S/c1-2-18(15-8-4-3-7-14(15)16)21(19,20)12-6-5-11-17-13-9-10-13/h3-4,7-8,13,17H,2,5-6,9-12H2,1H3. The van der Waals surface area contributed by atoms with E-state index in [0.29, 0.717) is 12.5 Å².